The van der Waals surface area contributed by atoms with Crippen LogP contribution in [0.2, 0.25) is 5.02 Å². The number of benzene rings is 1. The predicted molar refractivity (Wildman–Crippen MR) is 53.8 cm³/mol. The van der Waals surface area contributed by atoms with Crippen molar-refractivity contribution in [2.75, 3.05) is 6.54 Å². The van der Waals surface area contributed by atoms with E-state index in [0.29, 0.717) is 5.56 Å². The van der Waals surface area contributed by atoms with Gasteiger partial charge in [0.1, 0.15) is 5.82 Å². The van der Waals surface area contributed by atoms with Crippen molar-refractivity contribution in [1.29, 1.82) is 0 Å². The van der Waals surface area contributed by atoms with E-state index in [1.54, 1.807) is 6.92 Å². The molecule has 0 radical (unpaired) electrons. The van der Waals surface area contributed by atoms with Crippen LogP contribution in [0.15, 0.2) is 18.2 Å². The minimum atomic E-state index is -2.41. The molecule has 1 N–H and O–H groups in total. The highest BCUT2D eigenvalue weighted by atomic mass is 35.5. The number of nitrogens with one attached hydrogen (secondary N) is 1. The van der Waals surface area contributed by atoms with Crippen LogP contribution in [0.1, 0.15) is 18.5 Å². The first kappa shape index (κ1) is 12.3. The molecule has 1 atom stereocenters. The summed E-state index contributed by atoms with van der Waals surface area (Å²) in [6, 6.07) is 3.58. The van der Waals surface area contributed by atoms with Gasteiger partial charge in [0.25, 0.3) is 6.43 Å². The van der Waals surface area contributed by atoms with Gasteiger partial charge in [-0.05, 0) is 24.6 Å². The first-order valence-corrected chi connectivity index (χ1v) is 4.85. The Hall–Kier alpha value is -0.740. The van der Waals surface area contributed by atoms with E-state index in [4.69, 9.17) is 11.6 Å². The number of halogens is 4. The van der Waals surface area contributed by atoms with E-state index in [1.165, 1.54) is 12.1 Å². The average molecular weight is 238 g/mol. The van der Waals surface area contributed by atoms with Crippen molar-refractivity contribution in [1.82, 2.24) is 5.32 Å². The lowest BCUT2D eigenvalue weighted by atomic mass is 10.1. The van der Waals surface area contributed by atoms with E-state index in [9.17, 15) is 13.2 Å². The molecule has 0 heterocycles. The topological polar surface area (TPSA) is 12.0 Å². The van der Waals surface area contributed by atoms with Gasteiger partial charge in [0.2, 0.25) is 0 Å². The maximum absolute atomic E-state index is 12.7. The summed E-state index contributed by atoms with van der Waals surface area (Å²) < 4.78 is 36.5. The van der Waals surface area contributed by atoms with Crippen LogP contribution >= 0.6 is 11.6 Å². The van der Waals surface area contributed by atoms with E-state index in [1.807, 2.05) is 0 Å². The summed E-state index contributed by atoms with van der Waals surface area (Å²) in [5.74, 6) is -0.440. The zero-order chi connectivity index (χ0) is 11.4. The van der Waals surface area contributed by atoms with Gasteiger partial charge in [-0.1, -0.05) is 17.7 Å². The molecule has 1 rings (SSSR count). The van der Waals surface area contributed by atoms with Crippen molar-refractivity contribution in [3.05, 3.63) is 34.6 Å². The minimum Gasteiger partial charge on any atom is -0.305 e. The number of rotatable bonds is 4. The number of alkyl halides is 2. The van der Waals surface area contributed by atoms with Gasteiger partial charge in [-0.25, -0.2) is 13.2 Å². The van der Waals surface area contributed by atoms with Gasteiger partial charge in [-0.15, -0.1) is 0 Å². The lowest BCUT2D eigenvalue weighted by Gasteiger charge is -2.15. The molecule has 0 aromatic heterocycles. The average Bonchev–Trinajstić information content (AvgIpc) is 2.14. The summed E-state index contributed by atoms with van der Waals surface area (Å²) in [6.45, 7) is 1.29. The molecule has 0 spiro atoms. The van der Waals surface area contributed by atoms with Crippen molar-refractivity contribution in [3.8, 4) is 0 Å². The van der Waals surface area contributed by atoms with Crippen molar-refractivity contribution in [2.24, 2.45) is 0 Å². The monoisotopic (exact) mass is 237 g/mol. The molecule has 1 unspecified atom stereocenters. The molecule has 1 nitrogen and oxygen atoms in total. The maximum atomic E-state index is 12.7. The van der Waals surface area contributed by atoms with Crippen molar-refractivity contribution in [3.63, 3.8) is 0 Å². The van der Waals surface area contributed by atoms with Crippen molar-refractivity contribution < 1.29 is 13.2 Å². The Morgan fingerprint density at radius 1 is 1.40 bits per heavy atom. The SMILES string of the molecule is CC(NCC(F)F)c1ccc(F)cc1Cl. The van der Waals surface area contributed by atoms with Gasteiger partial charge in [0, 0.05) is 11.1 Å². The van der Waals surface area contributed by atoms with Crippen LogP contribution in [0.25, 0.3) is 0 Å². The minimum absolute atomic E-state index is 0.240. The molecule has 0 fully saturated rings. The van der Waals surface area contributed by atoms with Crippen LogP contribution < -0.4 is 5.32 Å². The Morgan fingerprint density at radius 2 is 2.07 bits per heavy atom. The van der Waals surface area contributed by atoms with Crippen molar-refractivity contribution in [2.45, 2.75) is 19.4 Å². The van der Waals surface area contributed by atoms with E-state index in [2.05, 4.69) is 5.32 Å². The second-order valence-corrected chi connectivity index (χ2v) is 3.59. The van der Waals surface area contributed by atoms with Crippen LogP contribution in [0.5, 0.6) is 0 Å². The summed E-state index contributed by atoms with van der Waals surface area (Å²) in [5, 5.41) is 2.84. The molecule has 0 saturated heterocycles. The Morgan fingerprint density at radius 3 is 2.60 bits per heavy atom. The van der Waals surface area contributed by atoms with Crippen molar-refractivity contribution >= 4 is 11.6 Å². The van der Waals surface area contributed by atoms with Crippen LogP contribution in [0.4, 0.5) is 13.2 Å². The van der Waals surface area contributed by atoms with Crippen LogP contribution in [-0.2, 0) is 0 Å². The quantitative estimate of drug-likeness (QED) is 0.846. The highest BCUT2D eigenvalue weighted by Gasteiger charge is 2.11. The zero-order valence-corrected chi connectivity index (χ0v) is 8.86. The molecule has 0 bridgehead atoms. The third-order valence-corrected chi connectivity index (χ3v) is 2.33. The summed E-state index contributed by atoms with van der Waals surface area (Å²) in [4.78, 5) is 0. The molecule has 15 heavy (non-hydrogen) atoms. The third kappa shape index (κ3) is 3.72. The van der Waals surface area contributed by atoms with Gasteiger partial charge in [-0.2, -0.15) is 0 Å². The zero-order valence-electron chi connectivity index (χ0n) is 8.11. The molecule has 0 amide bonds. The third-order valence-electron chi connectivity index (χ3n) is 2.01. The number of hydrogen-bond acceptors (Lipinski definition) is 1. The first-order valence-electron chi connectivity index (χ1n) is 4.47. The molecular weight excluding hydrogens is 227 g/mol. The summed E-state index contributed by atoms with van der Waals surface area (Å²) >= 11 is 5.77. The highest BCUT2D eigenvalue weighted by molar-refractivity contribution is 6.31. The van der Waals surface area contributed by atoms with E-state index >= 15 is 0 Å². The van der Waals surface area contributed by atoms with E-state index in [0.717, 1.165) is 6.07 Å². The van der Waals surface area contributed by atoms with E-state index < -0.39 is 18.8 Å². The largest absolute Gasteiger partial charge is 0.305 e. The Bertz CT molecular complexity index is 330. The van der Waals surface area contributed by atoms with Crippen LogP contribution in [0, 0.1) is 5.82 Å². The molecule has 0 saturated carbocycles. The highest BCUT2D eigenvalue weighted by Crippen LogP contribution is 2.23. The molecule has 5 heteroatoms. The maximum Gasteiger partial charge on any atom is 0.250 e. The Balaban J connectivity index is 2.69. The standard InChI is InChI=1S/C10H11ClF3N/c1-6(15-5-10(13)14)8-3-2-7(12)4-9(8)11/h2-4,6,10,15H,5H2,1H3. The molecule has 0 aliphatic rings. The summed E-state index contributed by atoms with van der Waals surface area (Å²) in [6.07, 6.45) is -2.41. The molecule has 0 aliphatic heterocycles. The van der Waals surface area contributed by atoms with Crippen LogP contribution in [-0.4, -0.2) is 13.0 Å². The molecule has 84 valence electrons. The lowest BCUT2D eigenvalue weighted by Crippen LogP contribution is -2.24. The summed E-state index contributed by atoms with van der Waals surface area (Å²) in [5.41, 5.74) is 0.610. The van der Waals surface area contributed by atoms with Gasteiger partial charge in [-0.3, -0.25) is 0 Å². The fourth-order valence-electron chi connectivity index (χ4n) is 1.23. The van der Waals surface area contributed by atoms with E-state index in [-0.39, 0.29) is 11.1 Å². The molecule has 0 aliphatic carbocycles. The second-order valence-electron chi connectivity index (χ2n) is 3.19. The smallest absolute Gasteiger partial charge is 0.250 e. The van der Waals surface area contributed by atoms with Crippen LogP contribution in [0.3, 0.4) is 0 Å². The fraction of sp³-hybridized carbons (Fsp3) is 0.400. The normalized spacial score (nSPS) is 13.2. The van der Waals surface area contributed by atoms with Gasteiger partial charge >= 0.3 is 0 Å². The van der Waals surface area contributed by atoms with Gasteiger partial charge in [0.05, 0.1) is 6.54 Å². The lowest BCUT2D eigenvalue weighted by molar-refractivity contribution is 0.142. The Kier molecular flexibility index (Phi) is 4.42. The molecule has 1 aromatic rings. The van der Waals surface area contributed by atoms with Gasteiger partial charge in [0.15, 0.2) is 0 Å². The molecule has 1 aromatic carbocycles. The fourth-order valence-corrected chi connectivity index (χ4v) is 1.56. The second kappa shape index (κ2) is 5.37. The Labute approximate surface area is 91.2 Å². The van der Waals surface area contributed by atoms with Gasteiger partial charge < -0.3 is 5.32 Å². The predicted octanol–water partition coefficient (Wildman–Crippen LogP) is 3.39. The number of hydrogen-bond donors (Lipinski definition) is 1. The summed E-state index contributed by atoms with van der Waals surface area (Å²) in [7, 11) is 0. The molecular formula is C10H11ClF3N. The first-order chi connectivity index (χ1) is 7.00.